The first-order chi connectivity index (χ1) is 9.45. The first-order valence-electron chi connectivity index (χ1n) is 5.95. The summed E-state index contributed by atoms with van der Waals surface area (Å²) in [7, 11) is 0. The summed E-state index contributed by atoms with van der Waals surface area (Å²) in [6, 6.07) is 3.82. The highest BCUT2D eigenvalue weighted by Crippen LogP contribution is 2.22. The van der Waals surface area contributed by atoms with Gasteiger partial charge >= 0.3 is 5.97 Å². The van der Waals surface area contributed by atoms with E-state index >= 15 is 0 Å². The van der Waals surface area contributed by atoms with E-state index in [1.165, 1.54) is 11.1 Å². The van der Waals surface area contributed by atoms with Crippen LogP contribution in [0.3, 0.4) is 0 Å². The highest BCUT2D eigenvalue weighted by Gasteiger charge is 2.16. The first-order valence-corrected chi connectivity index (χ1v) is 6.76. The molecule has 2 rings (SSSR count). The molecule has 2 N–H and O–H groups in total. The third-order valence-corrected chi connectivity index (χ3v) is 3.79. The molecular weight excluding hydrogens is 280 g/mol. The Hall–Kier alpha value is -2.22. The molecule has 2 aromatic heterocycles. The molecule has 0 bridgehead atoms. The number of nitrogens with one attached hydrogen (secondary N) is 1. The first kappa shape index (κ1) is 14.2. The number of nitrogens with zero attached hydrogens (tertiary/aromatic N) is 3. The smallest absolute Gasteiger partial charge is 0.325 e. The molecule has 0 aliphatic heterocycles. The Morgan fingerprint density at radius 2 is 2.25 bits per heavy atom. The number of carbonyl (C=O) groups excluding carboxylic acids is 1. The molecule has 0 aliphatic rings. The summed E-state index contributed by atoms with van der Waals surface area (Å²) in [6.07, 6.45) is 1.32. The van der Waals surface area contributed by atoms with Gasteiger partial charge in [0.2, 0.25) is 0 Å². The molecular formula is C12H14N4O3S. The topological polar surface area (TPSA) is 97.1 Å². The van der Waals surface area contributed by atoms with Crippen molar-refractivity contribution in [3.05, 3.63) is 33.8 Å². The Balaban J connectivity index is 2.01. The van der Waals surface area contributed by atoms with Gasteiger partial charge in [-0.1, -0.05) is 5.21 Å². The molecule has 0 saturated heterocycles. The normalized spacial score (nSPS) is 12.1. The molecule has 106 valence electrons. The van der Waals surface area contributed by atoms with Crippen LogP contribution in [-0.2, 0) is 11.3 Å². The maximum absolute atomic E-state index is 12.0. The molecule has 8 heteroatoms. The predicted octanol–water partition coefficient (Wildman–Crippen LogP) is 1.22. The Morgan fingerprint density at radius 3 is 2.85 bits per heavy atom. The second-order valence-electron chi connectivity index (χ2n) is 4.34. The molecule has 0 spiro atoms. The molecule has 7 nitrogen and oxygen atoms in total. The number of hydrogen-bond acceptors (Lipinski definition) is 5. The Labute approximate surface area is 119 Å². The van der Waals surface area contributed by atoms with Crippen molar-refractivity contribution in [2.45, 2.75) is 26.4 Å². The molecule has 20 heavy (non-hydrogen) atoms. The summed E-state index contributed by atoms with van der Waals surface area (Å²) in [5.41, 5.74) is 0.103. The fourth-order valence-electron chi connectivity index (χ4n) is 1.65. The van der Waals surface area contributed by atoms with Gasteiger partial charge in [-0.05, 0) is 26.0 Å². The van der Waals surface area contributed by atoms with Gasteiger partial charge in [-0.15, -0.1) is 16.4 Å². The number of carboxylic acids is 1. The van der Waals surface area contributed by atoms with E-state index in [0.717, 1.165) is 9.56 Å². The number of aryl methyl sites for hydroxylation is 1. The number of rotatable bonds is 5. The minimum atomic E-state index is -1.04. The molecule has 2 heterocycles. The lowest BCUT2D eigenvalue weighted by Gasteiger charge is -2.10. The van der Waals surface area contributed by atoms with Gasteiger partial charge in [0.1, 0.15) is 6.54 Å². The Bertz CT molecular complexity index is 634. The monoisotopic (exact) mass is 294 g/mol. The SMILES string of the molecule is Cc1ccc(C(C)NC(=O)c2cn(CC(=O)O)nn2)s1. The largest absolute Gasteiger partial charge is 0.480 e. The van der Waals surface area contributed by atoms with Crippen molar-refractivity contribution in [3.8, 4) is 0 Å². The average Bonchev–Trinajstić information content (AvgIpc) is 2.97. The van der Waals surface area contributed by atoms with Crippen LogP contribution in [0.1, 0.15) is 33.2 Å². The van der Waals surface area contributed by atoms with Crippen LogP contribution in [-0.4, -0.2) is 32.0 Å². The van der Waals surface area contributed by atoms with Crippen molar-refractivity contribution in [1.29, 1.82) is 0 Å². The quantitative estimate of drug-likeness (QED) is 0.864. The molecule has 0 radical (unpaired) electrons. The lowest BCUT2D eigenvalue weighted by Crippen LogP contribution is -2.26. The summed E-state index contributed by atoms with van der Waals surface area (Å²) >= 11 is 1.61. The maximum Gasteiger partial charge on any atom is 0.325 e. The lowest BCUT2D eigenvalue weighted by molar-refractivity contribution is -0.137. The summed E-state index contributed by atoms with van der Waals surface area (Å²) in [4.78, 5) is 24.7. The average molecular weight is 294 g/mol. The lowest BCUT2D eigenvalue weighted by atomic mass is 10.2. The van der Waals surface area contributed by atoms with E-state index in [-0.39, 0.29) is 24.2 Å². The molecule has 0 aliphatic carbocycles. The van der Waals surface area contributed by atoms with E-state index < -0.39 is 5.97 Å². The summed E-state index contributed by atoms with van der Waals surface area (Å²) in [5.74, 6) is -1.41. The van der Waals surface area contributed by atoms with Gasteiger partial charge in [-0.3, -0.25) is 9.59 Å². The van der Waals surface area contributed by atoms with E-state index in [1.54, 1.807) is 11.3 Å². The molecule has 0 fully saturated rings. The van der Waals surface area contributed by atoms with Gasteiger partial charge < -0.3 is 10.4 Å². The number of aliphatic carboxylic acids is 1. The van der Waals surface area contributed by atoms with Crippen LogP contribution >= 0.6 is 11.3 Å². The summed E-state index contributed by atoms with van der Waals surface area (Å²) in [5, 5.41) is 18.7. The minimum Gasteiger partial charge on any atom is -0.480 e. The molecule has 0 aromatic carbocycles. The third-order valence-electron chi connectivity index (χ3n) is 2.60. The van der Waals surface area contributed by atoms with Gasteiger partial charge in [0.25, 0.3) is 5.91 Å². The van der Waals surface area contributed by atoms with Crippen LogP contribution in [0, 0.1) is 6.92 Å². The van der Waals surface area contributed by atoms with Crippen LogP contribution in [0.4, 0.5) is 0 Å². The second-order valence-corrected chi connectivity index (χ2v) is 5.66. The van der Waals surface area contributed by atoms with E-state index in [1.807, 2.05) is 26.0 Å². The van der Waals surface area contributed by atoms with E-state index in [9.17, 15) is 9.59 Å². The second kappa shape index (κ2) is 5.83. The zero-order valence-electron chi connectivity index (χ0n) is 11.0. The molecule has 1 amide bonds. The highest BCUT2D eigenvalue weighted by molar-refractivity contribution is 7.12. The van der Waals surface area contributed by atoms with Gasteiger partial charge in [0, 0.05) is 9.75 Å². The zero-order valence-corrected chi connectivity index (χ0v) is 11.8. The van der Waals surface area contributed by atoms with Crippen LogP contribution in [0.5, 0.6) is 0 Å². The molecule has 1 atom stereocenters. The number of thiophene rings is 1. The van der Waals surface area contributed by atoms with Crippen molar-refractivity contribution in [2.75, 3.05) is 0 Å². The van der Waals surface area contributed by atoms with Crippen molar-refractivity contribution < 1.29 is 14.7 Å². The number of amides is 1. The predicted molar refractivity (Wildman–Crippen MR) is 72.6 cm³/mol. The summed E-state index contributed by atoms with van der Waals surface area (Å²) < 4.78 is 1.11. The van der Waals surface area contributed by atoms with Crippen molar-refractivity contribution in [2.24, 2.45) is 0 Å². The number of carbonyl (C=O) groups is 2. The fourth-order valence-corrected chi connectivity index (χ4v) is 2.53. The fraction of sp³-hybridized carbons (Fsp3) is 0.333. The Kier molecular flexibility index (Phi) is 4.14. The van der Waals surface area contributed by atoms with Gasteiger partial charge in [0.05, 0.1) is 12.2 Å². The number of aromatic nitrogens is 3. The Morgan fingerprint density at radius 1 is 1.50 bits per heavy atom. The van der Waals surface area contributed by atoms with Crippen molar-refractivity contribution >= 4 is 23.2 Å². The van der Waals surface area contributed by atoms with Gasteiger partial charge in [-0.25, -0.2) is 4.68 Å². The highest BCUT2D eigenvalue weighted by atomic mass is 32.1. The van der Waals surface area contributed by atoms with E-state index in [0.29, 0.717) is 0 Å². The molecule has 0 saturated carbocycles. The molecule has 1 unspecified atom stereocenters. The molecule has 2 aromatic rings. The number of carboxylic acid groups (broad SMARTS) is 1. The zero-order chi connectivity index (χ0) is 14.7. The van der Waals surface area contributed by atoms with Gasteiger partial charge in [-0.2, -0.15) is 0 Å². The third kappa shape index (κ3) is 3.41. The van der Waals surface area contributed by atoms with E-state index in [4.69, 9.17) is 5.11 Å². The standard InChI is InChI=1S/C12H14N4O3S/c1-7-3-4-10(20-7)8(2)13-12(19)9-5-16(15-14-9)6-11(17)18/h3-5,8H,6H2,1-2H3,(H,13,19)(H,17,18). The summed E-state index contributed by atoms with van der Waals surface area (Å²) in [6.45, 7) is 3.56. The van der Waals surface area contributed by atoms with Crippen molar-refractivity contribution in [1.82, 2.24) is 20.3 Å². The van der Waals surface area contributed by atoms with Crippen LogP contribution in [0.2, 0.25) is 0 Å². The number of hydrogen-bond donors (Lipinski definition) is 2. The maximum atomic E-state index is 12.0. The van der Waals surface area contributed by atoms with E-state index in [2.05, 4.69) is 15.6 Å². The van der Waals surface area contributed by atoms with Crippen molar-refractivity contribution in [3.63, 3.8) is 0 Å². The van der Waals surface area contributed by atoms with Gasteiger partial charge in [0.15, 0.2) is 5.69 Å². The van der Waals surface area contributed by atoms with Crippen LogP contribution < -0.4 is 5.32 Å². The van der Waals surface area contributed by atoms with Crippen LogP contribution in [0.25, 0.3) is 0 Å². The van der Waals surface area contributed by atoms with Crippen LogP contribution in [0.15, 0.2) is 18.3 Å². The minimum absolute atomic E-state index is 0.103.